The maximum Gasteiger partial charge on any atom is 0.231 e. The van der Waals surface area contributed by atoms with Gasteiger partial charge in [-0.15, -0.1) is 10.2 Å². The Hall–Kier alpha value is -2.28. The van der Waals surface area contributed by atoms with Crippen LogP contribution in [0.5, 0.6) is 0 Å². The van der Waals surface area contributed by atoms with Gasteiger partial charge in [0.05, 0.1) is 5.92 Å². The van der Waals surface area contributed by atoms with Crippen molar-refractivity contribution in [2.75, 3.05) is 16.8 Å². The van der Waals surface area contributed by atoms with Gasteiger partial charge < -0.3 is 10.2 Å². The van der Waals surface area contributed by atoms with Crippen molar-refractivity contribution < 1.29 is 9.59 Å². The molecular weight excluding hydrogens is 360 g/mol. The molecule has 1 aromatic heterocycles. The van der Waals surface area contributed by atoms with Gasteiger partial charge in [0.15, 0.2) is 0 Å². The van der Waals surface area contributed by atoms with E-state index in [2.05, 4.69) is 43.2 Å². The lowest BCUT2D eigenvalue weighted by atomic mass is 9.93. The number of amides is 2. The molecule has 1 aliphatic heterocycles. The van der Waals surface area contributed by atoms with Crippen molar-refractivity contribution in [1.82, 2.24) is 10.2 Å². The van der Waals surface area contributed by atoms with E-state index < -0.39 is 0 Å². The number of anilines is 2. The van der Waals surface area contributed by atoms with E-state index in [9.17, 15) is 9.59 Å². The molecule has 0 unspecified atom stereocenters. The monoisotopic (exact) mass is 386 g/mol. The van der Waals surface area contributed by atoms with E-state index in [1.807, 2.05) is 24.3 Å². The highest BCUT2D eigenvalue weighted by Crippen LogP contribution is 2.28. The lowest BCUT2D eigenvalue weighted by Crippen LogP contribution is -2.28. The van der Waals surface area contributed by atoms with Crippen LogP contribution in [0.2, 0.25) is 0 Å². The molecule has 1 saturated heterocycles. The zero-order valence-electron chi connectivity index (χ0n) is 16.3. The summed E-state index contributed by atoms with van der Waals surface area (Å²) in [6.07, 6.45) is 1.98. The Bertz CT molecular complexity index is 823. The van der Waals surface area contributed by atoms with Crippen LogP contribution in [0.15, 0.2) is 24.3 Å². The molecule has 2 aromatic rings. The zero-order chi connectivity index (χ0) is 19.6. The van der Waals surface area contributed by atoms with Gasteiger partial charge in [-0.2, -0.15) is 0 Å². The molecule has 1 fully saturated rings. The van der Waals surface area contributed by atoms with E-state index in [4.69, 9.17) is 0 Å². The molecular formula is C20H26N4O2S. The summed E-state index contributed by atoms with van der Waals surface area (Å²) in [6, 6.07) is 7.93. The summed E-state index contributed by atoms with van der Waals surface area (Å²) in [5.41, 5.74) is 2.19. The van der Waals surface area contributed by atoms with Gasteiger partial charge in [0.2, 0.25) is 16.9 Å². The maximum absolute atomic E-state index is 12.6. The molecule has 0 aliphatic carbocycles. The number of rotatable bonds is 5. The van der Waals surface area contributed by atoms with Gasteiger partial charge in [-0.25, -0.2) is 0 Å². The number of hydrogen-bond acceptors (Lipinski definition) is 5. The minimum absolute atomic E-state index is 0.0231. The Balaban J connectivity index is 1.62. The second-order valence-electron chi connectivity index (χ2n) is 8.15. The van der Waals surface area contributed by atoms with Gasteiger partial charge in [0, 0.05) is 25.1 Å². The fourth-order valence-corrected chi connectivity index (χ4v) is 4.12. The van der Waals surface area contributed by atoms with Crippen molar-refractivity contribution in [2.24, 2.45) is 11.3 Å². The summed E-state index contributed by atoms with van der Waals surface area (Å²) in [6.45, 7) is 8.90. The molecule has 0 saturated carbocycles. The smallest absolute Gasteiger partial charge is 0.231 e. The van der Waals surface area contributed by atoms with Crippen LogP contribution in [0, 0.1) is 11.3 Å². The number of aromatic nitrogens is 2. The summed E-state index contributed by atoms with van der Waals surface area (Å²) >= 11 is 1.40. The predicted molar refractivity (Wildman–Crippen MR) is 108 cm³/mol. The van der Waals surface area contributed by atoms with Crippen molar-refractivity contribution in [1.29, 1.82) is 0 Å². The molecule has 144 valence electrons. The largest absolute Gasteiger partial charge is 0.312 e. The minimum atomic E-state index is -0.377. The molecule has 27 heavy (non-hydrogen) atoms. The normalized spacial score (nSPS) is 17.4. The van der Waals surface area contributed by atoms with Crippen LogP contribution in [0.1, 0.15) is 44.7 Å². The third-order valence-electron chi connectivity index (χ3n) is 4.53. The first-order valence-corrected chi connectivity index (χ1v) is 10.1. The summed E-state index contributed by atoms with van der Waals surface area (Å²) in [5, 5.41) is 12.4. The number of hydrogen-bond donors (Lipinski definition) is 1. The molecule has 0 spiro atoms. The van der Waals surface area contributed by atoms with Crippen molar-refractivity contribution in [2.45, 2.75) is 47.0 Å². The van der Waals surface area contributed by atoms with Crippen molar-refractivity contribution in [3.05, 3.63) is 34.8 Å². The Kier molecular flexibility index (Phi) is 5.60. The Morgan fingerprint density at radius 1 is 1.26 bits per heavy atom. The van der Waals surface area contributed by atoms with Crippen molar-refractivity contribution >= 4 is 34.0 Å². The number of nitrogens with one attached hydrogen (secondary N) is 1. The van der Waals surface area contributed by atoms with Gasteiger partial charge in [-0.1, -0.05) is 51.2 Å². The molecule has 0 radical (unpaired) electrons. The van der Waals surface area contributed by atoms with Gasteiger partial charge >= 0.3 is 0 Å². The molecule has 6 nitrogen and oxygen atoms in total. The molecule has 7 heteroatoms. The first-order chi connectivity index (χ1) is 12.7. The molecule has 1 atom stereocenters. The van der Waals surface area contributed by atoms with Crippen LogP contribution < -0.4 is 10.2 Å². The number of carbonyl (C=O) groups excluding carboxylic acids is 2. The average molecular weight is 387 g/mol. The highest BCUT2D eigenvalue weighted by molar-refractivity contribution is 7.15. The first kappa shape index (κ1) is 19.5. The van der Waals surface area contributed by atoms with Crippen molar-refractivity contribution in [3.8, 4) is 0 Å². The standard InChI is InChI=1S/C20H26N4O2S/c1-5-13-6-8-15(9-7-13)24-12-14(10-17(24)25)18(26)21-19-23-22-16(27-19)11-20(2,3)4/h6-9,14H,5,10-12H2,1-4H3,(H,21,23,26)/t14-/m0/s1. The third-order valence-corrected chi connectivity index (χ3v) is 5.37. The molecule has 3 rings (SSSR count). The quantitative estimate of drug-likeness (QED) is 0.850. The second kappa shape index (κ2) is 7.76. The maximum atomic E-state index is 12.6. The molecule has 2 amide bonds. The van der Waals surface area contributed by atoms with E-state index in [0.717, 1.165) is 23.5 Å². The van der Waals surface area contributed by atoms with E-state index >= 15 is 0 Å². The highest BCUT2D eigenvalue weighted by Gasteiger charge is 2.35. The number of carbonyl (C=O) groups is 2. The van der Waals surface area contributed by atoms with Gasteiger partial charge in [-0.3, -0.25) is 9.59 Å². The van der Waals surface area contributed by atoms with Crippen LogP contribution in [0.3, 0.4) is 0 Å². The Morgan fingerprint density at radius 2 is 1.96 bits per heavy atom. The SMILES string of the molecule is CCc1ccc(N2C[C@@H](C(=O)Nc3nnc(CC(C)(C)C)s3)CC2=O)cc1. The van der Waals surface area contributed by atoms with Crippen LogP contribution in [0.4, 0.5) is 10.8 Å². The second-order valence-corrected chi connectivity index (χ2v) is 9.22. The average Bonchev–Trinajstić information content (AvgIpc) is 3.20. The first-order valence-electron chi connectivity index (χ1n) is 9.28. The molecule has 1 aliphatic rings. The minimum Gasteiger partial charge on any atom is -0.312 e. The Morgan fingerprint density at radius 3 is 2.59 bits per heavy atom. The summed E-state index contributed by atoms with van der Waals surface area (Å²) in [5.74, 6) is -0.571. The van der Waals surface area contributed by atoms with Gasteiger partial charge in [-0.05, 0) is 29.5 Å². The van der Waals surface area contributed by atoms with Crippen LogP contribution >= 0.6 is 11.3 Å². The predicted octanol–water partition coefficient (Wildman–Crippen LogP) is 3.68. The van der Waals surface area contributed by atoms with E-state index in [1.165, 1.54) is 16.9 Å². The number of aryl methyl sites for hydroxylation is 1. The van der Waals surface area contributed by atoms with Crippen LogP contribution in [-0.2, 0) is 22.4 Å². The summed E-state index contributed by atoms with van der Waals surface area (Å²) < 4.78 is 0. The topological polar surface area (TPSA) is 75.2 Å². The molecule has 1 N–H and O–H groups in total. The number of nitrogens with zero attached hydrogens (tertiary/aromatic N) is 3. The zero-order valence-corrected chi connectivity index (χ0v) is 17.1. The third kappa shape index (κ3) is 4.91. The van der Waals surface area contributed by atoms with E-state index in [1.54, 1.807) is 4.90 Å². The fraction of sp³-hybridized carbons (Fsp3) is 0.500. The number of benzene rings is 1. The van der Waals surface area contributed by atoms with Crippen molar-refractivity contribution in [3.63, 3.8) is 0 Å². The molecule has 2 heterocycles. The lowest BCUT2D eigenvalue weighted by molar-refractivity contribution is -0.122. The van der Waals surface area contributed by atoms with E-state index in [-0.39, 0.29) is 29.6 Å². The van der Waals surface area contributed by atoms with Gasteiger partial charge in [0.1, 0.15) is 5.01 Å². The highest BCUT2D eigenvalue weighted by atomic mass is 32.1. The summed E-state index contributed by atoms with van der Waals surface area (Å²) in [4.78, 5) is 26.6. The molecule has 0 bridgehead atoms. The van der Waals surface area contributed by atoms with Gasteiger partial charge in [0.25, 0.3) is 0 Å². The van der Waals surface area contributed by atoms with Crippen LogP contribution in [-0.4, -0.2) is 28.6 Å². The molecule has 1 aromatic carbocycles. The fourth-order valence-electron chi connectivity index (χ4n) is 3.08. The lowest BCUT2D eigenvalue weighted by Gasteiger charge is -2.17. The van der Waals surface area contributed by atoms with E-state index in [0.29, 0.717) is 11.7 Å². The van der Waals surface area contributed by atoms with Crippen LogP contribution in [0.25, 0.3) is 0 Å². The Labute approximate surface area is 164 Å². The summed E-state index contributed by atoms with van der Waals surface area (Å²) in [7, 11) is 0.